The van der Waals surface area contributed by atoms with Gasteiger partial charge in [0.15, 0.2) is 0 Å². The highest BCUT2D eigenvalue weighted by atomic mass is 15.1. The molecule has 1 atom stereocenters. The molecule has 91 valence electrons. The molecule has 16 heavy (non-hydrogen) atoms. The van der Waals surface area contributed by atoms with Crippen molar-refractivity contribution in [3.8, 4) is 0 Å². The van der Waals surface area contributed by atoms with E-state index >= 15 is 0 Å². The van der Waals surface area contributed by atoms with Crippen LogP contribution < -0.4 is 0 Å². The summed E-state index contributed by atoms with van der Waals surface area (Å²) in [7, 11) is 0. The van der Waals surface area contributed by atoms with Gasteiger partial charge in [0.1, 0.15) is 0 Å². The van der Waals surface area contributed by atoms with Gasteiger partial charge in [-0.05, 0) is 57.9 Å². The van der Waals surface area contributed by atoms with Gasteiger partial charge in [0.25, 0.3) is 0 Å². The Morgan fingerprint density at radius 1 is 1.31 bits per heavy atom. The molecule has 1 aliphatic carbocycles. The Hall–Kier alpha value is -0.300. The predicted octanol–water partition coefficient (Wildman–Crippen LogP) is 3.81. The fourth-order valence-corrected chi connectivity index (χ4v) is 3.14. The van der Waals surface area contributed by atoms with Crippen LogP contribution in [0.1, 0.15) is 52.4 Å². The summed E-state index contributed by atoms with van der Waals surface area (Å²) in [6.07, 6.45) is 10.8. The van der Waals surface area contributed by atoms with Crippen LogP contribution in [0.3, 0.4) is 0 Å². The summed E-state index contributed by atoms with van der Waals surface area (Å²) in [5, 5.41) is 0. The second kappa shape index (κ2) is 5.86. The van der Waals surface area contributed by atoms with E-state index in [1.165, 1.54) is 63.7 Å². The van der Waals surface area contributed by atoms with Gasteiger partial charge in [-0.2, -0.15) is 0 Å². The van der Waals surface area contributed by atoms with Crippen LogP contribution in [0.4, 0.5) is 0 Å². The summed E-state index contributed by atoms with van der Waals surface area (Å²) in [5.41, 5.74) is 1.46. The Balaban J connectivity index is 1.69. The van der Waals surface area contributed by atoms with E-state index in [0.717, 1.165) is 5.92 Å². The molecule has 1 heteroatoms. The van der Waals surface area contributed by atoms with Crippen molar-refractivity contribution in [2.24, 2.45) is 5.92 Å². The van der Waals surface area contributed by atoms with Crippen LogP contribution in [0, 0.1) is 11.8 Å². The number of hydrogen-bond donors (Lipinski definition) is 0. The third-order valence-corrected chi connectivity index (χ3v) is 4.09. The zero-order valence-corrected chi connectivity index (χ0v) is 11.0. The van der Waals surface area contributed by atoms with E-state index in [1.54, 1.807) is 0 Å². The fraction of sp³-hybridized carbons (Fsp3) is 0.800. The van der Waals surface area contributed by atoms with Gasteiger partial charge in [0.05, 0.1) is 0 Å². The summed E-state index contributed by atoms with van der Waals surface area (Å²) in [6, 6.07) is 0. The molecule has 1 unspecified atom stereocenters. The minimum absolute atomic E-state index is 0.953. The van der Waals surface area contributed by atoms with E-state index in [0.29, 0.717) is 0 Å². The van der Waals surface area contributed by atoms with Crippen molar-refractivity contribution < 1.29 is 0 Å². The average Bonchev–Trinajstić information content (AvgIpc) is 2.85. The Morgan fingerprint density at radius 3 is 2.75 bits per heavy atom. The topological polar surface area (TPSA) is 3.24 Å². The largest absolute Gasteiger partial charge is 0.303 e. The lowest BCUT2D eigenvalue weighted by atomic mass is 9.90. The first-order chi connectivity index (χ1) is 7.75. The van der Waals surface area contributed by atoms with Crippen molar-refractivity contribution in [1.29, 1.82) is 0 Å². The third kappa shape index (κ3) is 3.35. The van der Waals surface area contributed by atoms with Gasteiger partial charge in [0.2, 0.25) is 0 Å². The van der Waals surface area contributed by atoms with Gasteiger partial charge >= 0.3 is 0 Å². The lowest BCUT2D eigenvalue weighted by Crippen LogP contribution is -2.22. The first kappa shape index (κ1) is 12.2. The summed E-state index contributed by atoms with van der Waals surface area (Å²) >= 11 is 0. The molecule has 0 aromatic carbocycles. The summed E-state index contributed by atoms with van der Waals surface area (Å²) in [6.45, 7) is 8.36. The number of likely N-dealkylation sites (tertiary alicyclic amines) is 1. The van der Waals surface area contributed by atoms with Gasteiger partial charge in [-0.15, -0.1) is 0 Å². The first-order valence-electron chi connectivity index (χ1n) is 6.96. The quantitative estimate of drug-likeness (QED) is 0.651. The van der Waals surface area contributed by atoms with Crippen LogP contribution >= 0.6 is 0 Å². The molecule has 0 aromatic rings. The normalized spacial score (nSPS) is 27.5. The molecular weight excluding hydrogens is 194 g/mol. The molecule has 2 rings (SSSR count). The molecule has 0 amide bonds. The molecule has 2 aliphatic rings. The molecule has 0 N–H and O–H groups in total. The standard InChI is InChI=1S/C15H26N/c1-13(2)6-5-10-16-11-9-15(12-16)14-7-3-4-8-14/h6,15H,3-5,7-12H2,1-2H3. The fourth-order valence-electron chi connectivity index (χ4n) is 3.14. The zero-order valence-electron chi connectivity index (χ0n) is 11.0. The van der Waals surface area contributed by atoms with Crippen molar-refractivity contribution in [3.05, 3.63) is 17.6 Å². The lowest BCUT2D eigenvalue weighted by molar-refractivity contribution is 0.331. The van der Waals surface area contributed by atoms with Crippen molar-refractivity contribution >= 4 is 0 Å². The lowest BCUT2D eigenvalue weighted by Gasteiger charge is -2.18. The minimum Gasteiger partial charge on any atom is -0.303 e. The number of hydrogen-bond acceptors (Lipinski definition) is 1. The molecule has 0 aromatic heterocycles. The molecule has 1 nitrogen and oxygen atoms in total. The molecular formula is C15H26N. The maximum Gasteiger partial charge on any atom is 0.00161 e. The highest BCUT2D eigenvalue weighted by molar-refractivity contribution is 5.04. The van der Waals surface area contributed by atoms with Crippen LogP contribution in [0.2, 0.25) is 0 Å². The summed E-state index contributed by atoms with van der Waals surface area (Å²) < 4.78 is 0. The molecule has 0 bridgehead atoms. The van der Waals surface area contributed by atoms with Crippen molar-refractivity contribution in [2.45, 2.75) is 52.4 Å². The van der Waals surface area contributed by atoms with E-state index in [-0.39, 0.29) is 0 Å². The Labute approximate surface area is 101 Å². The molecule has 1 heterocycles. The molecule has 1 radical (unpaired) electrons. The maximum atomic E-state index is 2.66. The van der Waals surface area contributed by atoms with Gasteiger partial charge in [-0.1, -0.05) is 24.5 Å². The molecule has 2 fully saturated rings. The van der Waals surface area contributed by atoms with Crippen molar-refractivity contribution in [3.63, 3.8) is 0 Å². The minimum atomic E-state index is 0.953. The van der Waals surface area contributed by atoms with Gasteiger partial charge in [0, 0.05) is 13.1 Å². The van der Waals surface area contributed by atoms with Gasteiger partial charge in [-0.25, -0.2) is 0 Å². The third-order valence-electron chi connectivity index (χ3n) is 4.09. The van der Waals surface area contributed by atoms with Crippen LogP contribution in [0.5, 0.6) is 0 Å². The van der Waals surface area contributed by atoms with E-state index < -0.39 is 0 Å². The first-order valence-corrected chi connectivity index (χ1v) is 6.96. The van der Waals surface area contributed by atoms with Crippen LogP contribution in [0.25, 0.3) is 0 Å². The Bertz CT molecular complexity index is 234. The maximum absolute atomic E-state index is 2.66. The number of allylic oxidation sites excluding steroid dienone is 1. The van der Waals surface area contributed by atoms with Gasteiger partial charge < -0.3 is 4.90 Å². The van der Waals surface area contributed by atoms with Crippen molar-refractivity contribution in [2.75, 3.05) is 19.6 Å². The van der Waals surface area contributed by atoms with Gasteiger partial charge in [-0.3, -0.25) is 0 Å². The summed E-state index contributed by atoms with van der Waals surface area (Å²) in [4.78, 5) is 2.66. The van der Waals surface area contributed by atoms with Crippen molar-refractivity contribution in [1.82, 2.24) is 4.90 Å². The van der Waals surface area contributed by atoms with E-state index in [1.807, 2.05) is 5.92 Å². The van der Waals surface area contributed by atoms with Crippen LogP contribution in [-0.4, -0.2) is 24.5 Å². The van der Waals surface area contributed by atoms with Crippen LogP contribution in [-0.2, 0) is 0 Å². The molecule has 1 saturated carbocycles. The second-order valence-corrected chi connectivity index (χ2v) is 5.72. The predicted molar refractivity (Wildman–Crippen MR) is 70.3 cm³/mol. The van der Waals surface area contributed by atoms with E-state index in [4.69, 9.17) is 0 Å². The van der Waals surface area contributed by atoms with E-state index in [2.05, 4.69) is 24.8 Å². The molecule has 1 saturated heterocycles. The summed E-state index contributed by atoms with van der Waals surface area (Å²) in [5.74, 6) is 2.85. The molecule has 0 spiro atoms. The monoisotopic (exact) mass is 220 g/mol. The average molecular weight is 220 g/mol. The smallest absolute Gasteiger partial charge is 0.00161 e. The number of nitrogens with zero attached hydrogens (tertiary/aromatic N) is 1. The Morgan fingerprint density at radius 2 is 2.06 bits per heavy atom. The second-order valence-electron chi connectivity index (χ2n) is 5.72. The SMILES string of the molecule is CC(C)=CCCN1CCC([C]2CCCC2)C1. The number of rotatable bonds is 4. The van der Waals surface area contributed by atoms with Crippen LogP contribution in [0.15, 0.2) is 11.6 Å². The highest BCUT2D eigenvalue weighted by Crippen LogP contribution is 2.37. The highest BCUT2D eigenvalue weighted by Gasteiger charge is 2.30. The Kier molecular flexibility index (Phi) is 4.45. The molecule has 1 aliphatic heterocycles. The zero-order chi connectivity index (χ0) is 11.4. The van der Waals surface area contributed by atoms with E-state index in [9.17, 15) is 0 Å².